The molecular weight excluding hydrogens is 205 g/mol. The van der Waals surface area contributed by atoms with Crippen molar-refractivity contribution in [2.45, 2.75) is 25.8 Å². The molecule has 1 aliphatic rings. The van der Waals surface area contributed by atoms with Crippen molar-refractivity contribution in [2.75, 3.05) is 0 Å². The van der Waals surface area contributed by atoms with Crippen molar-refractivity contribution in [3.05, 3.63) is 35.9 Å². The summed E-state index contributed by atoms with van der Waals surface area (Å²) in [5.41, 5.74) is 0.806. The quantitative estimate of drug-likeness (QED) is 0.734. The van der Waals surface area contributed by atoms with Crippen molar-refractivity contribution >= 4 is 0 Å². The molecule has 1 aromatic heterocycles. The third-order valence-corrected chi connectivity index (χ3v) is 2.94. The average molecular weight is 217 g/mol. The predicted molar refractivity (Wildman–Crippen MR) is 58.4 cm³/mol. The topological polar surface area (TPSA) is 30.7 Å². The highest BCUT2D eigenvalue weighted by Crippen LogP contribution is 2.23. The fourth-order valence-electron chi connectivity index (χ4n) is 2.15. The standard InChI is InChI=1S/C12H12FN3/c13-10-5-3-4-9(8-10)12-15-14-11-6-1-2-7-16(11)12/h3-5,8H,1-2,6-7H2. The smallest absolute Gasteiger partial charge is 0.164 e. The molecule has 0 spiro atoms. The van der Waals surface area contributed by atoms with E-state index in [1.165, 1.54) is 18.6 Å². The molecule has 3 nitrogen and oxygen atoms in total. The second kappa shape index (κ2) is 3.70. The van der Waals surface area contributed by atoms with Crippen LogP contribution in [0.1, 0.15) is 18.7 Å². The Hall–Kier alpha value is -1.71. The van der Waals surface area contributed by atoms with Crippen LogP contribution in [0.15, 0.2) is 24.3 Å². The van der Waals surface area contributed by atoms with Gasteiger partial charge in [0, 0.05) is 18.5 Å². The molecule has 0 fully saturated rings. The first-order chi connectivity index (χ1) is 7.84. The van der Waals surface area contributed by atoms with E-state index in [0.717, 1.165) is 36.6 Å². The molecule has 3 rings (SSSR count). The number of halogens is 1. The Morgan fingerprint density at radius 3 is 3.00 bits per heavy atom. The van der Waals surface area contributed by atoms with Crippen LogP contribution in [0, 0.1) is 5.82 Å². The Kier molecular flexibility index (Phi) is 2.20. The van der Waals surface area contributed by atoms with Gasteiger partial charge in [-0.2, -0.15) is 0 Å². The molecule has 1 aliphatic heterocycles. The van der Waals surface area contributed by atoms with Gasteiger partial charge in [0.1, 0.15) is 11.6 Å². The third kappa shape index (κ3) is 1.50. The summed E-state index contributed by atoms with van der Waals surface area (Å²) in [6.45, 7) is 0.939. The summed E-state index contributed by atoms with van der Waals surface area (Å²) in [5, 5.41) is 8.31. The number of hydrogen-bond donors (Lipinski definition) is 0. The summed E-state index contributed by atoms with van der Waals surface area (Å²) < 4.78 is 15.2. The molecule has 0 saturated heterocycles. The van der Waals surface area contributed by atoms with Gasteiger partial charge in [0.15, 0.2) is 5.82 Å². The lowest BCUT2D eigenvalue weighted by Gasteiger charge is -2.14. The number of aryl methyl sites for hydroxylation is 1. The summed E-state index contributed by atoms with van der Waals surface area (Å²) >= 11 is 0. The summed E-state index contributed by atoms with van der Waals surface area (Å²) in [4.78, 5) is 0. The molecule has 0 bridgehead atoms. The molecule has 0 amide bonds. The molecule has 82 valence electrons. The maximum Gasteiger partial charge on any atom is 0.164 e. The summed E-state index contributed by atoms with van der Waals surface area (Å²) in [5.74, 6) is 1.57. The van der Waals surface area contributed by atoms with E-state index < -0.39 is 0 Å². The van der Waals surface area contributed by atoms with Crippen molar-refractivity contribution < 1.29 is 4.39 Å². The van der Waals surface area contributed by atoms with E-state index in [1.54, 1.807) is 6.07 Å². The van der Waals surface area contributed by atoms with Crippen LogP contribution in [-0.4, -0.2) is 14.8 Å². The highest BCUT2D eigenvalue weighted by Gasteiger charge is 2.16. The van der Waals surface area contributed by atoms with Crippen molar-refractivity contribution in [1.82, 2.24) is 14.8 Å². The van der Waals surface area contributed by atoms with Crippen LogP contribution in [0.5, 0.6) is 0 Å². The second-order valence-corrected chi connectivity index (χ2v) is 4.06. The molecule has 0 radical (unpaired) electrons. The maximum absolute atomic E-state index is 13.1. The molecule has 0 saturated carbocycles. The van der Waals surface area contributed by atoms with Crippen LogP contribution in [-0.2, 0) is 13.0 Å². The maximum atomic E-state index is 13.1. The van der Waals surface area contributed by atoms with Crippen molar-refractivity contribution in [2.24, 2.45) is 0 Å². The first-order valence-electron chi connectivity index (χ1n) is 5.52. The number of nitrogens with zero attached hydrogens (tertiary/aromatic N) is 3. The molecule has 2 aromatic rings. The fraction of sp³-hybridized carbons (Fsp3) is 0.333. The normalized spacial score (nSPS) is 14.8. The summed E-state index contributed by atoms with van der Waals surface area (Å²) in [7, 11) is 0. The predicted octanol–water partition coefficient (Wildman–Crippen LogP) is 2.42. The van der Waals surface area contributed by atoms with Crippen LogP contribution in [0.4, 0.5) is 4.39 Å². The van der Waals surface area contributed by atoms with Gasteiger partial charge in [-0.15, -0.1) is 10.2 Å². The molecule has 16 heavy (non-hydrogen) atoms. The minimum absolute atomic E-state index is 0.231. The Bertz CT molecular complexity index is 519. The first-order valence-corrected chi connectivity index (χ1v) is 5.52. The van der Waals surface area contributed by atoms with Gasteiger partial charge >= 0.3 is 0 Å². The SMILES string of the molecule is Fc1cccc(-c2nnc3n2CCCC3)c1. The van der Waals surface area contributed by atoms with Crippen molar-refractivity contribution in [3.63, 3.8) is 0 Å². The Morgan fingerprint density at radius 2 is 2.12 bits per heavy atom. The first kappa shape index (κ1) is 9.51. The number of rotatable bonds is 1. The Morgan fingerprint density at radius 1 is 1.19 bits per heavy atom. The fourth-order valence-corrected chi connectivity index (χ4v) is 2.15. The zero-order valence-electron chi connectivity index (χ0n) is 8.86. The van der Waals surface area contributed by atoms with E-state index >= 15 is 0 Å². The zero-order chi connectivity index (χ0) is 11.0. The van der Waals surface area contributed by atoms with E-state index in [4.69, 9.17) is 0 Å². The van der Waals surface area contributed by atoms with E-state index in [9.17, 15) is 4.39 Å². The van der Waals surface area contributed by atoms with E-state index in [-0.39, 0.29) is 5.82 Å². The molecule has 0 unspecified atom stereocenters. The lowest BCUT2D eigenvalue weighted by molar-refractivity contribution is 0.525. The van der Waals surface area contributed by atoms with Crippen molar-refractivity contribution in [3.8, 4) is 11.4 Å². The molecule has 4 heteroatoms. The van der Waals surface area contributed by atoms with Gasteiger partial charge in [0.2, 0.25) is 0 Å². The lowest BCUT2D eigenvalue weighted by atomic mass is 10.1. The number of benzene rings is 1. The third-order valence-electron chi connectivity index (χ3n) is 2.94. The van der Waals surface area contributed by atoms with Gasteiger partial charge in [-0.05, 0) is 25.0 Å². The second-order valence-electron chi connectivity index (χ2n) is 4.06. The average Bonchev–Trinajstić information content (AvgIpc) is 2.72. The van der Waals surface area contributed by atoms with Gasteiger partial charge < -0.3 is 4.57 Å². The van der Waals surface area contributed by atoms with Gasteiger partial charge in [0.25, 0.3) is 0 Å². The minimum Gasteiger partial charge on any atom is -0.311 e. The highest BCUT2D eigenvalue weighted by atomic mass is 19.1. The van der Waals surface area contributed by atoms with E-state index in [0.29, 0.717) is 0 Å². The Labute approximate surface area is 92.9 Å². The van der Waals surface area contributed by atoms with E-state index in [1.807, 2.05) is 6.07 Å². The zero-order valence-corrected chi connectivity index (χ0v) is 8.86. The molecule has 0 atom stereocenters. The monoisotopic (exact) mass is 217 g/mol. The van der Waals surface area contributed by atoms with Crippen molar-refractivity contribution in [1.29, 1.82) is 0 Å². The molecule has 2 heterocycles. The van der Waals surface area contributed by atoms with Gasteiger partial charge in [-0.1, -0.05) is 12.1 Å². The molecule has 0 aliphatic carbocycles. The molecule has 0 N–H and O–H groups in total. The van der Waals surface area contributed by atoms with Gasteiger partial charge in [0.05, 0.1) is 0 Å². The highest BCUT2D eigenvalue weighted by molar-refractivity contribution is 5.55. The van der Waals surface area contributed by atoms with Crippen LogP contribution < -0.4 is 0 Å². The Balaban J connectivity index is 2.09. The van der Waals surface area contributed by atoms with Crippen LogP contribution in [0.3, 0.4) is 0 Å². The minimum atomic E-state index is -0.231. The van der Waals surface area contributed by atoms with E-state index in [2.05, 4.69) is 14.8 Å². The summed E-state index contributed by atoms with van der Waals surface area (Å²) in [6.07, 6.45) is 3.29. The molecular formula is C12H12FN3. The van der Waals surface area contributed by atoms with Crippen LogP contribution in [0.25, 0.3) is 11.4 Å². The van der Waals surface area contributed by atoms with Crippen LogP contribution >= 0.6 is 0 Å². The number of aromatic nitrogens is 3. The van der Waals surface area contributed by atoms with Crippen LogP contribution in [0.2, 0.25) is 0 Å². The van der Waals surface area contributed by atoms with Gasteiger partial charge in [-0.3, -0.25) is 0 Å². The largest absolute Gasteiger partial charge is 0.311 e. The lowest BCUT2D eigenvalue weighted by Crippen LogP contribution is -2.11. The molecule has 1 aromatic carbocycles. The number of hydrogen-bond acceptors (Lipinski definition) is 2. The van der Waals surface area contributed by atoms with Gasteiger partial charge in [-0.25, -0.2) is 4.39 Å². The summed E-state index contributed by atoms with van der Waals surface area (Å²) in [6, 6.07) is 6.52. The number of fused-ring (bicyclic) bond motifs is 1.